The van der Waals surface area contributed by atoms with Crippen LogP contribution in [-0.4, -0.2) is 44.4 Å². The monoisotopic (exact) mass is 696 g/mol. The van der Waals surface area contributed by atoms with Crippen LogP contribution in [0.5, 0.6) is 5.75 Å². The first-order chi connectivity index (χ1) is 19.7. The Morgan fingerprint density at radius 2 is 1.52 bits per heavy atom. The molecule has 2 aromatic rings. The number of ketones is 1. The lowest BCUT2D eigenvalue weighted by atomic mass is 9.93. The van der Waals surface area contributed by atoms with Gasteiger partial charge >= 0.3 is 24.9 Å². The summed E-state index contributed by atoms with van der Waals surface area (Å²) in [5.74, 6) is -12.1. The summed E-state index contributed by atoms with van der Waals surface area (Å²) in [4.78, 5) is 12.5. The first-order valence-electron chi connectivity index (χ1n) is 11.7. The molecule has 0 radical (unpaired) electrons. The van der Waals surface area contributed by atoms with E-state index in [9.17, 15) is 70.3 Å². The van der Waals surface area contributed by atoms with Gasteiger partial charge in [-0.15, -0.1) is 13.2 Å². The van der Waals surface area contributed by atoms with E-state index < -0.39 is 109 Å². The molecule has 1 unspecified atom stereocenters. The summed E-state index contributed by atoms with van der Waals surface area (Å²) < 4.78 is 199. The van der Waals surface area contributed by atoms with Gasteiger partial charge in [0.1, 0.15) is 23.2 Å². The van der Waals surface area contributed by atoms with Crippen LogP contribution in [0, 0.1) is 5.92 Å². The molecular weight excluding hydrogens is 679 g/mol. The van der Waals surface area contributed by atoms with E-state index in [0.29, 0.717) is 30.3 Å². The van der Waals surface area contributed by atoms with E-state index in [1.807, 2.05) is 0 Å². The molecule has 0 aliphatic rings. The predicted molar refractivity (Wildman–Crippen MR) is 130 cm³/mol. The fourth-order valence-corrected chi connectivity index (χ4v) is 5.77. The van der Waals surface area contributed by atoms with E-state index in [-0.39, 0.29) is 12.1 Å². The molecule has 2 atom stereocenters. The topological polar surface area (TPSA) is 60.4 Å². The van der Waals surface area contributed by atoms with E-state index >= 15 is 0 Å². The van der Waals surface area contributed by atoms with Crippen LogP contribution in [0.3, 0.4) is 0 Å². The third-order valence-electron chi connectivity index (χ3n) is 5.56. The van der Waals surface area contributed by atoms with Crippen LogP contribution >= 0.6 is 11.6 Å². The van der Waals surface area contributed by atoms with Crippen molar-refractivity contribution < 1.29 is 75.0 Å². The molecule has 0 spiro atoms. The van der Waals surface area contributed by atoms with Gasteiger partial charge in [0.25, 0.3) is 0 Å². The smallest absolute Gasteiger partial charge is 0.404 e. The van der Waals surface area contributed by atoms with Gasteiger partial charge < -0.3 is 4.74 Å². The Balaban J connectivity index is 2.45. The number of ether oxygens (including phenoxy) is 1. The molecule has 0 N–H and O–H groups in total. The molecule has 246 valence electrons. The Morgan fingerprint density at radius 1 is 0.932 bits per heavy atom. The molecule has 2 aromatic carbocycles. The molecule has 0 fully saturated rings. The van der Waals surface area contributed by atoms with Gasteiger partial charge in [0.05, 0.1) is 16.3 Å². The second-order valence-corrected chi connectivity index (χ2v) is 11.9. The average molecular weight is 697 g/mol. The van der Waals surface area contributed by atoms with Gasteiger partial charge in [-0.3, -0.25) is 4.79 Å². The Labute approximate surface area is 245 Å². The van der Waals surface area contributed by atoms with E-state index in [4.69, 9.17) is 11.6 Å². The number of carbonyl (C=O) groups is 1. The highest BCUT2D eigenvalue weighted by Gasteiger charge is 2.42. The van der Waals surface area contributed by atoms with E-state index in [0.717, 1.165) is 6.92 Å². The summed E-state index contributed by atoms with van der Waals surface area (Å²) in [6, 6.07) is 2.14. The lowest BCUT2D eigenvalue weighted by molar-refractivity contribution is -0.274. The summed E-state index contributed by atoms with van der Waals surface area (Å²) >= 11 is 5.55. The molecule has 4 nitrogen and oxygen atoms in total. The van der Waals surface area contributed by atoms with Gasteiger partial charge in [-0.05, 0) is 35.8 Å². The SMILES string of the molecule is C[C@@H](CC(=O)c1ccc(/C(F)=C/C(c2ccc(OC(F)(F)F)c(Cl)c2)C(F)(F)F)cc1C(F)(F)F)CS(=O)(=O)CC(F)(F)F. The number of Topliss-reactive ketones (excluding diaryl/α,β-unsaturated/α-hetero) is 1. The number of sulfone groups is 1. The van der Waals surface area contributed by atoms with Gasteiger partial charge in [-0.2, -0.15) is 39.5 Å². The van der Waals surface area contributed by atoms with Crippen LogP contribution in [0.1, 0.15) is 46.3 Å². The molecule has 0 amide bonds. The molecule has 44 heavy (non-hydrogen) atoms. The van der Waals surface area contributed by atoms with Crippen molar-refractivity contribution in [3.05, 3.63) is 69.8 Å². The lowest BCUT2D eigenvalue weighted by Crippen LogP contribution is -2.28. The van der Waals surface area contributed by atoms with Crippen molar-refractivity contribution in [2.75, 3.05) is 11.5 Å². The summed E-state index contributed by atoms with van der Waals surface area (Å²) in [5, 5.41) is -0.953. The number of rotatable bonds is 10. The maximum atomic E-state index is 15.0. The molecule has 0 aliphatic heterocycles. The van der Waals surface area contributed by atoms with Gasteiger partial charge in [-0.25, -0.2) is 12.8 Å². The van der Waals surface area contributed by atoms with Crippen molar-refractivity contribution in [1.82, 2.24) is 0 Å². The van der Waals surface area contributed by atoms with Crippen molar-refractivity contribution in [2.45, 2.75) is 44.2 Å². The molecule has 0 aliphatic carbocycles. The first-order valence-corrected chi connectivity index (χ1v) is 13.9. The van der Waals surface area contributed by atoms with Crippen LogP contribution in [0.4, 0.5) is 57.1 Å². The van der Waals surface area contributed by atoms with Crippen LogP contribution in [0.15, 0.2) is 42.5 Å². The number of allylic oxidation sites excluding steroid dienone is 1. The molecule has 0 saturated heterocycles. The molecule has 19 heteroatoms. The number of halogens is 14. The number of hydrogen-bond acceptors (Lipinski definition) is 4. The Morgan fingerprint density at radius 3 is 2.00 bits per heavy atom. The van der Waals surface area contributed by atoms with Crippen LogP contribution in [0.25, 0.3) is 5.83 Å². The van der Waals surface area contributed by atoms with Gasteiger partial charge in [-0.1, -0.05) is 36.7 Å². The molecule has 0 aromatic heterocycles. The second-order valence-electron chi connectivity index (χ2n) is 9.43. The highest BCUT2D eigenvalue weighted by Crippen LogP contribution is 2.42. The fraction of sp³-hybridized carbons (Fsp3) is 0.400. The van der Waals surface area contributed by atoms with Gasteiger partial charge in [0, 0.05) is 17.5 Å². The molecule has 0 bridgehead atoms. The number of carbonyl (C=O) groups excluding carboxylic acids is 1. The quantitative estimate of drug-likeness (QED) is 0.184. The van der Waals surface area contributed by atoms with Gasteiger partial charge in [0.2, 0.25) is 0 Å². The van der Waals surface area contributed by atoms with Crippen LogP contribution < -0.4 is 4.74 Å². The highest BCUT2D eigenvalue weighted by molar-refractivity contribution is 7.91. The van der Waals surface area contributed by atoms with Gasteiger partial charge in [0.15, 0.2) is 15.6 Å². The van der Waals surface area contributed by atoms with Crippen LogP contribution in [-0.2, 0) is 16.0 Å². The predicted octanol–water partition coefficient (Wildman–Crippen LogP) is 9.10. The summed E-state index contributed by atoms with van der Waals surface area (Å²) in [6.07, 6.45) is -22.3. The van der Waals surface area contributed by atoms with E-state index in [1.165, 1.54) is 0 Å². The third kappa shape index (κ3) is 11.2. The normalized spacial score (nSPS) is 15.2. The minimum absolute atomic E-state index is 0.00912. The maximum Gasteiger partial charge on any atom is 0.573 e. The third-order valence-corrected chi connectivity index (χ3v) is 7.70. The molecule has 0 heterocycles. The fourth-order valence-electron chi connectivity index (χ4n) is 3.94. The zero-order chi connectivity index (χ0) is 34.1. The average Bonchev–Trinajstić information content (AvgIpc) is 2.79. The Bertz CT molecular complexity index is 1490. The van der Waals surface area contributed by atoms with Crippen molar-refractivity contribution in [3.63, 3.8) is 0 Å². The van der Waals surface area contributed by atoms with Crippen molar-refractivity contribution in [1.29, 1.82) is 0 Å². The van der Waals surface area contributed by atoms with Crippen molar-refractivity contribution in [2.24, 2.45) is 5.92 Å². The molecule has 0 saturated carbocycles. The molecule has 2 rings (SSSR count). The second kappa shape index (κ2) is 13.1. The molecular formula is C25H18ClF13O4S. The zero-order valence-electron chi connectivity index (χ0n) is 21.7. The maximum absolute atomic E-state index is 15.0. The Hall–Kier alpha value is -3.02. The first kappa shape index (κ1) is 37.2. The number of hydrogen-bond donors (Lipinski definition) is 0. The van der Waals surface area contributed by atoms with Crippen molar-refractivity contribution in [3.8, 4) is 5.75 Å². The minimum Gasteiger partial charge on any atom is -0.404 e. The largest absolute Gasteiger partial charge is 0.573 e. The summed E-state index contributed by atoms with van der Waals surface area (Å²) in [6.45, 7) is 0.987. The minimum atomic E-state index is -5.40. The number of benzene rings is 2. The van der Waals surface area contributed by atoms with E-state index in [1.54, 1.807) is 0 Å². The lowest BCUT2D eigenvalue weighted by Gasteiger charge is -2.19. The number of alkyl halides is 12. The van der Waals surface area contributed by atoms with E-state index in [2.05, 4.69) is 4.74 Å². The zero-order valence-corrected chi connectivity index (χ0v) is 23.2. The standard InChI is InChI=1S/C25H18ClF13O4S/c1-12(10-44(41,42)11-22(28,29)30)6-20(40)15-4-2-14(7-17(15)24(34,35)36)19(27)9-16(23(31,32)33)13-3-5-21(18(26)8-13)43-25(37,38)39/h2-5,7-9,12,16H,6,10-11H2,1H3/b19-9-/t12-,16?/m0/s1. The summed E-state index contributed by atoms with van der Waals surface area (Å²) in [7, 11) is -4.80. The Kier molecular flexibility index (Phi) is 11.1. The van der Waals surface area contributed by atoms with Crippen molar-refractivity contribution >= 4 is 33.0 Å². The highest BCUT2D eigenvalue weighted by atomic mass is 35.5. The van der Waals surface area contributed by atoms with Crippen LogP contribution in [0.2, 0.25) is 5.02 Å². The summed E-state index contributed by atoms with van der Waals surface area (Å²) in [5.41, 5.74) is -5.01.